The number of hydrogen-bond acceptors (Lipinski definition) is 5. The van der Waals surface area contributed by atoms with E-state index < -0.39 is 0 Å². The molecule has 1 aliphatic heterocycles. The van der Waals surface area contributed by atoms with Crippen molar-refractivity contribution in [1.29, 1.82) is 0 Å². The van der Waals surface area contributed by atoms with Crippen LogP contribution < -0.4 is 20.5 Å². The van der Waals surface area contributed by atoms with Crippen molar-refractivity contribution in [2.24, 2.45) is 5.92 Å². The molecule has 2 aromatic carbocycles. The number of carbonyl (C=O) groups excluding carboxylic acids is 2. The van der Waals surface area contributed by atoms with Gasteiger partial charge in [0.25, 0.3) is 5.91 Å². The average molecular weight is 383 g/mol. The first-order valence-corrected chi connectivity index (χ1v) is 9.27. The Bertz CT molecular complexity index is 818. The van der Waals surface area contributed by atoms with Gasteiger partial charge in [0, 0.05) is 25.1 Å². The van der Waals surface area contributed by atoms with Crippen LogP contribution in [0.4, 0.5) is 11.4 Å². The van der Waals surface area contributed by atoms with Gasteiger partial charge in [-0.2, -0.15) is 0 Å². The van der Waals surface area contributed by atoms with E-state index in [-0.39, 0.29) is 24.3 Å². The molecular weight excluding hydrogens is 358 g/mol. The number of ether oxygens (including phenoxy) is 2. The minimum absolute atomic E-state index is 0.00121. The van der Waals surface area contributed by atoms with Crippen LogP contribution in [-0.2, 0) is 9.59 Å². The van der Waals surface area contributed by atoms with Crippen LogP contribution in [0, 0.1) is 5.92 Å². The van der Waals surface area contributed by atoms with Gasteiger partial charge in [-0.05, 0) is 37.1 Å². The van der Waals surface area contributed by atoms with E-state index >= 15 is 0 Å². The van der Waals surface area contributed by atoms with E-state index in [1.54, 1.807) is 30.2 Å². The maximum Gasteiger partial charge on any atom is 0.260 e. The minimum atomic E-state index is -0.162. The number of nitrogens with two attached hydrogens (primary N) is 1. The fourth-order valence-corrected chi connectivity index (χ4v) is 3.15. The summed E-state index contributed by atoms with van der Waals surface area (Å²) in [5.74, 6) is 0.973. The third-order valence-electron chi connectivity index (χ3n) is 4.84. The van der Waals surface area contributed by atoms with Crippen LogP contribution in [0.5, 0.6) is 11.5 Å². The lowest BCUT2D eigenvalue weighted by atomic mass is 9.95. The lowest BCUT2D eigenvalue weighted by Gasteiger charge is -2.31. The van der Waals surface area contributed by atoms with Gasteiger partial charge >= 0.3 is 0 Å². The number of nitrogens with zero attached hydrogens (tertiary/aromatic N) is 1. The van der Waals surface area contributed by atoms with Gasteiger partial charge in [0.05, 0.1) is 18.5 Å². The summed E-state index contributed by atoms with van der Waals surface area (Å²) < 4.78 is 10.7. The molecule has 0 aliphatic carbocycles. The molecule has 0 atom stereocenters. The third-order valence-corrected chi connectivity index (χ3v) is 4.84. The number of likely N-dealkylation sites (tertiary alicyclic amines) is 1. The highest BCUT2D eigenvalue weighted by molar-refractivity contribution is 5.95. The van der Waals surface area contributed by atoms with Gasteiger partial charge in [0.15, 0.2) is 6.61 Å². The molecule has 1 heterocycles. The number of hydrogen-bond donors (Lipinski definition) is 2. The second kappa shape index (κ2) is 9.12. The highest BCUT2D eigenvalue weighted by Gasteiger charge is 2.27. The van der Waals surface area contributed by atoms with Crippen molar-refractivity contribution in [2.45, 2.75) is 12.8 Å². The summed E-state index contributed by atoms with van der Waals surface area (Å²) in [5.41, 5.74) is 6.95. The molecule has 0 spiro atoms. The molecule has 0 unspecified atom stereocenters. The van der Waals surface area contributed by atoms with Crippen molar-refractivity contribution in [2.75, 3.05) is 37.9 Å². The Balaban J connectivity index is 1.48. The van der Waals surface area contributed by atoms with Gasteiger partial charge in [-0.3, -0.25) is 9.59 Å². The van der Waals surface area contributed by atoms with Gasteiger partial charge in [-0.1, -0.05) is 18.2 Å². The molecule has 0 aromatic heterocycles. The Labute approximate surface area is 164 Å². The molecule has 0 saturated carbocycles. The van der Waals surface area contributed by atoms with Crippen molar-refractivity contribution in [1.82, 2.24) is 4.90 Å². The van der Waals surface area contributed by atoms with E-state index in [0.717, 1.165) is 0 Å². The zero-order chi connectivity index (χ0) is 19.9. The van der Waals surface area contributed by atoms with Gasteiger partial charge in [-0.15, -0.1) is 0 Å². The molecule has 148 valence electrons. The smallest absolute Gasteiger partial charge is 0.260 e. The van der Waals surface area contributed by atoms with Crippen molar-refractivity contribution < 1.29 is 19.1 Å². The lowest BCUT2D eigenvalue weighted by Crippen LogP contribution is -2.43. The fraction of sp³-hybridized carbons (Fsp3) is 0.333. The number of benzene rings is 2. The summed E-state index contributed by atoms with van der Waals surface area (Å²) >= 11 is 0. The lowest BCUT2D eigenvalue weighted by molar-refractivity contribution is -0.136. The first-order chi connectivity index (χ1) is 13.6. The van der Waals surface area contributed by atoms with E-state index in [2.05, 4.69) is 5.32 Å². The van der Waals surface area contributed by atoms with Gasteiger partial charge in [0.2, 0.25) is 5.91 Å². The van der Waals surface area contributed by atoms with Crippen LogP contribution in [0.15, 0.2) is 48.5 Å². The van der Waals surface area contributed by atoms with E-state index in [4.69, 9.17) is 15.2 Å². The Morgan fingerprint density at radius 3 is 2.50 bits per heavy atom. The summed E-state index contributed by atoms with van der Waals surface area (Å²) in [6, 6.07) is 14.4. The van der Waals surface area contributed by atoms with Crippen molar-refractivity contribution in [3.63, 3.8) is 0 Å². The molecular formula is C21H25N3O4. The summed E-state index contributed by atoms with van der Waals surface area (Å²) in [6.45, 7) is 1.06. The van der Waals surface area contributed by atoms with E-state index in [0.29, 0.717) is 48.8 Å². The first-order valence-electron chi connectivity index (χ1n) is 9.27. The molecule has 28 heavy (non-hydrogen) atoms. The predicted octanol–water partition coefficient (Wildman–Crippen LogP) is 2.53. The highest BCUT2D eigenvalue weighted by atomic mass is 16.5. The Morgan fingerprint density at radius 2 is 1.82 bits per heavy atom. The van der Waals surface area contributed by atoms with Crippen molar-refractivity contribution in [3.05, 3.63) is 48.5 Å². The van der Waals surface area contributed by atoms with Crippen LogP contribution in [0.25, 0.3) is 0 Å². The second-order valence-electron chi connectivity index (χ2n) is 6.70. The monoisotopic (exact) mass is 383 g/mol. The standard InChI is InChI=1S/C21H25N3O4/c1-27-17-7-8-18(22)19(13-17)23-21(26)15-9-11-24(12-10-15)20(25)14-28-16-5-3-2-4-6-16/h2-8,13,15H,9-12,14,22H2,1H3,(H,23,26). The van der Waals surface area contributed by atoms with Crippen LogP contribution >= 0.6 is 0 Å². The molecule has 3 rings (SSSR count). The van der Waals surface area contributed by atoms with E-state index in [1.807, 2.05) is 30.3 Å². The largest absolute Gasteiger partial charge is 0.497 e. The van der Waals surface area contributed by atoms with Crippen molar-refractivity contribution in [3.8, 4) is 11.5 Å². The molecule has 0 radical (unpaired) electrons. The number of rotatable bonds is 6. The van der Waals surface area contributed by atoms with Gasteiger partial charge < -0.3 is 25.4 Å². The normalized spacial score (nSPS) is 14.4. The maximum atomic E-state index is 12.6. The molecule has 2 aromatic rings. The Kier molecular flexibility index (Phi) is 6.37. The van der Waals surface area contributed by atoms with Crippen LogP contribution in [0.3, 0.4) is 0 Å². The highest BCUT2D eigenvalue weighted by Crippen LogP contribution is 2.26. The number of para-hydroxylation sites is 1. The number of nitrogens with one attached hydrogen (secondary N) is 1. The first kappa shape index (κ1) is 19.5. The third kappa shape index (κ3) is 4.94. The van der Waals surface area contributed by atoms with E-state index in [1.165, 1.54) is 0 Å². The van der Waals surface area contributed by atoms with Gasteiger partial charge in [0.1, 0.15) is 11.5 Å². The minimum Gasteiger partial charge on any atom is -0.497 e. The zero-order valence-corrected chi connectivity index (χ0v) is 15.9. The molecule has 7 heteroatoms. The number of methoxy groups -OCH3 is 1. The molecule has 1 fully saturated rings. The quantitative estimate of drug-likeness (QED) is 0.748. The number of anilines is 2. The average Bonchev–Trinajstić information content (AvgIpc) is 2.74. The second-order valence-corrected chi connectivity index (χ2v) is 6.70. The SMILES string of the molecule is COc1ccc(N)c(NC(=O)C2CCN(C(=O)COc3ccccc3)CC2)c1. The molecule has 1 aliphatic rings. The maximum absolute atomic E-state index is 12.6. The molecule has 1 saturated heterocycles. The predicted molar refractivity (Wildman–Crippen MR) is 107 cm³/mol. The number of carbonyl (C=O) groups is 2. The summed E-state index contributed by atoms with van der Waals surface area (Å²) in [7, 11) is 1.56. The van der Waals surface area contributed by atoms with E-state index in [9.17, 15) is 9.59 Å². The zero-order valence-electron chi connectivity index (χ0n) is 15.9. The number of amides is 2. The fourth-order valence-electron chi connectivity index (χ4n) is 3.15. The van der Waals surface area contributed by atoms with Gasteiger partial charge in [-0.25, -0.2) is 0 Å². The topological polar surface area (TPSA) is 93.9 Å². The summed E-state index contributed by atoms with van der Waals surface area (Å²) in [6.07, 6.45) is 1.21. The molecule has 7 nitrogen and oxygen atoms in total. The van der Waals surface area contributed by atoms with Crippen LogP contribution in [0.1, 0.15) is 12.8 Å². The molecule has 3 N–H and O–H groups in total. The number of nitrogen functional groups attached to an aromatic ring is 1. The van der Waals surface area contributed by atoms with Crippen molar-refractivity contribution >= 4 is 23.2 Å². The Hall–Kier alpha value is -3.22. The summed E-state index contributed by atoms with van der Waals surface area (Å²) in [4.78, 5) is 26.6. The summed E-state index contributed by atoms with van der Waals surface area (Å²) in [5, 5.41) is 2.87. The molecule has 0 bridgehead atoms. The Morgan fingerprint density at radius 1 is 1.11 bits per heavy atom. The number of piperidine rings is 1. The van der Waals surface area contributed by atoms with Crippen LogP contribution in [-0.4, -0.2) is 43.5 Å². The van der Waals surface area contributed by atoms with Crippen LogP contribution in [0.2, 0.25) is 0 Å². The molecule has 2 amide bonds.